The number of aromatic nitrogens is 2. The normalized spacial score (nSPS) is 15.6. The molecule has 0 aliphatic carbocycles. The maximum atomic E-state index is 10.6. The number of hydrogen-bond donors (Lipinski definition) is 1. The fourth-order valence-electron chi connectivity index (χ4n) is 1.70. The number of alkyl halides is 1. The van der Waals surface area contributed by atoms with Gasteiger partial charge in [-0.05, 0) is 25.7 Å². The minimum absolute atomic E-state index is 0.388. The summed E-state index contributed by atoms with van der Waals surface area (Å²) in [5.74, 6) is 1.07. The number of nitrogens with one attached hydrogen (secondary N) is 1. The van der Waals surface area contributed by atoms with Crippen LogP contribution in [0.5, 0.6) is 0 Å². The molecule has 17 heavy (non-hydrogen) atoms. The number of aromatic amines is 1. The Morgan fingerprint density at radius 2 is 2.18 bits per heavy atom. The predicted octanol–water partition coefficient (Wildman–Crippen LogP) is 2.00. The third-order valence-electron chi connectivity index (χ3n) is 2.47. The zero-order valence-corrected chi connectivity index (χ0v) is 12.1. The van der Waals surface area contributed by atoms with Gasteiger partial charge < -0.3 is 4.98 Å². The molecule has 1 unspecified atom stereocenters. The molecule has 1 aromatic heterocycles. The molecule has 0 amide bonds. The van der Waals surface area contributed by atoms with Crippen LogP contribution in [0.25, 0.3) is 12.2 Å². The minimum atomic E-state index is 0.388. The lowest BCUT2D eigenvalue weighted by molar-refractivity contribution is 0.111. The molecule has 1 heterocycles. The van der Waals surface area contributed by atoms with Crippen molar-refractivity contribution in [3.63, 3.8) is 0 Å². The topological polar surface area (TPSA) is 45.8 Å². The molecule has 0 bridgehead atoms. The highest BCUT2D eigenvalue weighted by Gasteiger charge is 2.05. The van der Waals surface area contributed by atoms with Crippen LogP contribution in [0.3, 0.4) is 0 Å². The summed E-state index contributed by atoms with van der Waals surface area (Å²) in [4.78, 5) is 18.3. The van der Waals surface area contributed by atoms with E-state index in [-0.39, 0.29) is 0 Å². The molecule has 1 N–H and O–H groups in total. The number of rotatable bonds is 5. The zero-order chi connectivity index (χ0) is 12.8. The van der Waals surface area contributed by atoms with Crippen molar-refractivity contribution in [2.24, 2.45) is 5.92 Å². The molecule has 4 heteroatoms. The van der Waals surface area contributed by atoms with Crippen molar-refractivity contribution in [1.82, 2.24) is 9.97 Å². The first-order chi connectivity index (χ1) is 8.06. The Bertz CT molecular complexity index is 476. The molecule has 1 atom stereocenters. The number of aldehydes is 1. The lowest BCUT2D eigenvalue weighted by atomic mass is 10.1. The van der Waals surface area contributed by atoms with Gasteiger partial charge in [0.15, 0.2) is 12.1 Å². The Morgan fingerprint density at radius 3 is 2.71 bits per heavy atom. The SMILES string of the molecule is C/C=c1/nc(C=O)[nH]/c1=C/CC(Br)CC(C)C. The molecule has 0 aliphatic rings. The lowest BCUT2D eigenvalue weighted by Gasteiger charge is -2.08. The quantitative estimate of drug-likeness (QED) is 0.668. The summed E-state index contributed by atoms with van der Waals surface area (Å²) in [5, 5.41) is 1.78. The van der Waals surface area contributed by atoms with Crippen LogP contribution in [-0.2, 0) is 0 Å². The number of halogens is 1. The number of hydrogen-bond acceptors (Lipinski definition) is 2. The Labute approximate surface area is 110 Å². The van der Waals surface area contributed by atoms with Gasteiger partial charge in [0, 0.05) is 4.83 Å². The van der Waals surface area contributed by atoms with Crippen LogP contribution in [0.4, 0.5) is 0 Å². The van der Waals surface area contributed by atoms with E-state index in [0.29, 0.717) is 16.6 Å². The fourth-order valence-corrected chi connectivity index (χ4v) is 2.64. The van der Waals surface area contributed by atoms with E-state index in [9.17, 15) is 4.79 Å². The van der Waals surface area contributed by atoms with Crippen molar-refractivity contribution in [2.45, 2.75) is 38.4 Å². The molecule has 0 saturated heterocycles. The molecule has 0 spiro atoms. The van der Waals surface area contributed by atoms with Crippen LogP contribution in [0.2, 0.25) is 0 Å². The number of nitrogens with zero attached hydrogens (tertiary/aromatic N) is 1. The zero-order valence-electron chi connectivity index (χ0n) is 10.5. The third kappa shape index (κ3) is 4.46. The summed E-state index contributed by atoms with van der Waals surface area (Å²) < 4.78 is 0. The molecule has 0 saturated carbocycles. The fraction of sp³-hybridized carbons (Fsp3) is 0.538. The monoisotopic (exact) mass is 298 g/mol. The maximum Gasteiger partial charge on any atom is 0.185 e. The van der Waals surface area contributed by atoms with E-state index < -0.39 is 0 Å². The van der Waals surface area contributed by atoms with Crippen molar-refractivity contribution in [3.8, 4) is 0 Å². The van der Waals surface area contributed by atoms with Crippen LogP contribution < -0.4 is 10.7 Å². The Kier molecular flexibility index (Phi) is 5.62. The molecule has 0 aliphatic heterocycles. The first-order valence-corrected chi connectivity index (χ1v) is 6.80. The summed E-state index contributed by atoms with van der Waals surface area (Å²) in [7, 11) is 0. The van der Waals surface area contributed by atoms with Gasteiger partial charge in [0.25, 0.3) is 0 Å². The molecule has 3 nitrogen and oxygen atoms in total. The smallest absolute Gasteiger partial charge is 0.185 e. The van der Waals surface area contributed by atoms with Crippen LogP contribution in [-0.4, -0.2) is 21.1 Å². The summed E-state index contributed by atoms with van der Waals surface area (Å²) >= 11 is 3.66. The molecule has 1 rings (SSSR count). The predicted molar refractivity (Wildman–Crippen MR) is 74.6 cm³/mol. The lowest BCUT2D eigenvalue weighted by Crippen LogP contribution is -2.24. The standard InChI is InChI=1S/C13H19BrN2O/c1-4-11-12(16-13(8-17)15-11)6-5-10(14)7-9(2)3/h4,6,8-10H,5,7H2,1-3H3,(H,15,16)/b11-4+,12-6+. The van der Waals surface area contributed by atoms with Gasteiger partial charge in [-0.25, -0.2) is 4.98 Å². The third-order valence-corrected chi connectivity index (χ3v) is 3.22. The second kappa shape index (κ2) is 6.74. The van der Waals surface area contributed by atoms with E-state index in [2.05, 4.69) is 45.8 Å². The summed E-state index contributed by atoms with van der Waals surface area (Å²) in [5.41, 5.74) is 0. The molecular formula is C13H19BrN2O. The number of carbonyl (C=O) groups is 1. The Morgan fingerprint density at radius 1 is 1.47 bits per heavy atom. The Balaban J connectivity index is 2.85. The van der Waals surface area contributed by atoms with Crippen molar-refractivity contribution in [3.05, 3.63) is 16.5 Å². The van der Waals surface area contributed by atoms with Gasteiger partial charge in [-0.1, -0.05) is 41.9 Å². The number of H-pyrrole nitrogens is 1. The average Bonchev–Trinajstić information content (AvgIpc) is 2.67. The van der Waals surface area contributed by atoms with Crippen LogP contribution in [0.1, 0.15) is 44.2 Å². The van der Waals surface area contributed by atoms with E-state index >= 15 is 0 Å². The highest BCUT2D eigenvalue weighted by Crippen LogP contribution is 2.16. The molecular weight excluding hydrogens is 280 g/mol. The van der Waals surface area contributed by atoms with E-state index in [1.807, 2.05) is 13.0 Å². The largest absolute Gasteiger partial charge is 0.336 e. The van der Waals surface area contributed by atoms with E-state index in [4.69, 9.17) is 0 Å². The average molecular weight is 299 g/mol. The number of carbonyl (C=O) groups excluding carboxylic acids is 1. The second-order valence-corrected chi connectivity index (χ2v) is 5.79. The highest BCUT2D eigenvalue weighted by atomic mass is 79.9. The van der Waals surface area contributed by atoms with Gasteiger partial charge in [-0.15, -0.1) is 0 Å². The van der Waals surface area contributed by atoms with Gasteiger partial charge in [-0.3, -0.25) is 4.79 Å². The van der Waals surface area contributed by atoms with Crippen LogP contribution in [0, 0.1) is 5.92 Å². The highest BCUT2D eigenvalue weighted by molar-refractivity contribution is 9.09. The van der Waals surface area contributed by atoms with Crippen LogP contribution in [0.15, 0.2) is 0 Å². The van der Waals surface area contributed by atoms with Gasteiger partial charge in [0.2, 0.25) is 0 Å². The van der Waals surface area contributed by atoms with E-state index in [0.717, 1.165) is 29.8 Å². The van der Waals surface area contributed by atoms with Crippen LogP contribution >= 0.6 is 15.9 Å². The molecule has 0 fully saturated rings. The van der Waals surface area contributed by atoms with Crippen molar-refractivity contribution in [1.29, 1.82) is 0 Å². The van der Waals surface area contributed by atoms with Gasteiger partial charge in [-0.2, -0.15) is 0 Å². The summed E-state index contributed by atoms with van der Waals surface area (Å²) in [6.45, 7) is 6.34. The maximum absolute atomic E-state index is 10.6. The van der Waals surface area contributed by atoms with E-state index in [1.165, 1.54) is 0 Å². The van der Waals surface area contributed by atoms with Gasteiger partial charge in [0.05, 0.1) is 10.7 Å². The second-order valence-electron chi connectivity index (χ2n) is 4.49. The molecule has 0 radical (unpaired) electrons. The summed E-state index contributed by atoms with van der Waals surface area (Å²) in [6, 6.07) is 0. The van der Waals surface area contributed by atoms with Crippen molar-refractivity contribution >= 4 is 34.4 Å². The van der Waals surface area contributed by atoms with Gasteiger partial charge >= 0.3 is 0 Å². The first kappa shape index (κ1) is 14.2. The van der Waals surface area contributed by atoms with Crippen molar-refractivity contribution < 1.29 is 4.79 Å². The van der Waals surface area contributed by atoms with E-state index in [1.54, 1.807) is 0 Å². The molecule has 94 valence electrons. The van der Waals surface area contributed by atoms with Gasteiger partial charge in [0.1, 0.15) is 0 Å². The Hall–Kier alpha value is -0.900. The minimum Gasteiger partial charge on any atom is -0.336 e. The molecule has 0 aromatic carbocycles. The first-order valence-electron chi connectivity index (χ1n) is 5.88. The summed E-state index contributed by atoms with van der Waals surface area (Å²) in [6.07, 6.45) is 6.80. The number of imidazole rings is 1. The molecule has 1 aromatic rings. The van der Waals surface area contributed by atoms with Crippen molar-refractivity contribution in [2.75, 3.05) is 0 Å².